The Kier molecular flexibility index (Phi) is 7.57. The van der Waals surface area contributed by atoms with Crippen LogP contribution in [0.15, 0.2) is 29.9 Å². The monoisotopic (exact) mass is 448 g/mol. The number of thiocarbonyl (C=S) groups is 1. The molecule has 2 aromatic rings. The van der Waals surface area contributed by atoms with E-state index < -0.39 is 0 Å². The Morgan fingerprint density at radius 1 is 1.23 bits per heavy atom. The van der Waals surface area contributed by atoms with Gasteiger partial charge >= 0.3 is 6.09 Å². The average molecular weight is 449 g/mol. The topological polar surface area (TPSA) is 82.6 Å². The minimum atomic E-state index is -0.368. The van der Waals surface area contributed by atoms with Crippen LogP contribution in [0.5, 0.6) is 5.88 Å². The molecule has 162 valence electrons. The molecule has 1 amide bonds. The van der Waals surface area contributed by atoms with E-state index in [1.165, 1.54) is 0 Å². The number of thiazole rings is 1. The zero-order valence-electron chi connectivity index (χ0n) is 17.6. The Morgan fingerprint density at radius 3 is 2.60 bits per heavy atom. The van der Waals surface area contributed by atoms with Crippen molar-refractivity contribution in [2.45, 2.75) is 32.7 Å². The second kappa shape index (κ2) is 10.1. The van der Waals surface area contributed by atoms with Crippen molar-refractivity contribution in [1.82, 2.24) is 25.1 Å². The van der Waals surface area contributed by atoms with Crippen molar-refractivity contribution in [1.29, 1.82) is 0 Å². The van der Waals surface area contributed by atoms with Gasteiger partial charge in [0.05, 0.1) is 16.9 Å². The summed E-state index contributed by atoms with van der Waals surface area (Å²) in [4.78, 5) is 25.0. The molecular formula is C20H28N6O2S2. The van der Waals surface area contributed by atoms with Crippen LogP contribution in [0.2, 0.25) is 0 Å². The number of aromatic nitrogens is 2. The van der Waals surface area contributed by atoms with E-state index in [1.807, 2.05) is 32.3 Å². The Morgan fingerprint density at radius 2 is 2.00 bits per heavy atom. The number of pyridine rings is 1. The van der Waals surface area contributed by atoms with Crippen LogP contribution >= 0.6 is 23.6 Å². The van der Waals surface area contributed by atoms with Gasteiger partial charge in [-0.15, -0.1) is 11.3 Å². The lowest BCUT2D eigenvalue weighted by molar-refractivity contribution is 0.110. The summed E-state index contributed by atoms with van der Waals surface area (Å²) in [5, 5.41) is 9.90. The first-order valence-electron chi connectivity index (χ1n) is 9.91. The van der Waals surface area contributed by atoms with E-state index in [0.29, 0.717) is 18.2 Å². The van der Waals surface area contributed by atoms with Crippen molar-refractivity contribution >= 4 is 40.4 Å². The van der Waals surface area contributed by atoms with Gasteiger partial charge < -0.3 is 20.3 Å². The maximum absolute atomic E-state index is 12.4. The van der Waals surface area contributed by atoms with E-state index in [0.717, 1.165) is 36.8 Å². The first-order valence-corrected chi connectivity index (χ1v) is 11.2. The van der Waals surface area contributed by atoms with Crippen LogP contribution < -0.4 is 15.4 Å². The molecule has 2 aromatic heterocycles. The van der Waals surface area contributed by atoms with Gasteiger partial charge in [-0.2, -0.15) is 0 Å². The molecule has 30 heavy (non-hydrogen) atoms. The van der Waals surface area contributed by atoms with Crippen LogP contribution in [-0.4, -0.2) is 69.2 Å². The van der Waals surface area contributed by atoms with Crippen molar-refractivity contribution in [2.75, 3.05) is 38.0 Å². The van der Waals surface area contributed by atoms with Crippen LogP contribution in [0, 0.1) is 0 Å². The van der Waals surface area contributed by atoms with Crippen LogP contribution in [-0.2, 0) is 6.42 Å². The highest BCUT2D eigenvalue weighted by molar-refractivity contribution is 7.80. The highest BCUT2D eigenvalue weighted by Gasteiger charge is 2.23. The number of carbonyl (C=O) groups is 1. The summed E-state index contributed by atoms with van der Waals surface area (Å²) in [6.45, 7) is 9.99. The van der Waals surface area contributed by atoms with E-state index in [-0.39, 0.29) is 17.5 Å². The minimum absolute atomic E-state index is 0.127. The Labute approximate surface area is 186 Å². The predicted octanol–water partition coefficient (Wildman–Crippen LogP) is 2.98. The average Bonchev–Trinajstić information content (AvgIpc) is 3.20. The lowest BCUT2D eigenvalue weighted by Crippen LogP contribution is -2.49. The maximum Gasteiger partial charge on any atom is 0.416 e. The van der Waals surface area contributed by atoms with Crippen molar-refractivity contribution in [3.63, 3.8) is 0 Å². The molecule has 0 spiro atoms. The summed E-state index contributed by atoms with van der Waals surface area (Å²) in [5.41, 5.74) is 0.600. The number of piperazine rings is 1. The number of nitrogens with zero attached hydrogens (tertiary/aromatic N) is 4. The molecule has 1 fully saturated rings. The third kappa shape index (κ3) is 7.19. The summed E-state index contributed by atoms with van der Waals surface area (Å²) >= 11 is 6.95. The molecule has 0 unspecified atom stereocenters. The zero-order valence-corrected chi connectivity index (χ0v) is 19.2. The van der Waals surface area contributed by atoms with Gasteiger partial charge in [0.15, 0.2) is 5.11 Å². The molecule has 8 nitrogen and oxygen atoms in total. The van der Waals surface area contributed by atoms with Crippen molar-refractivity contribution in [2.24, 2.45) is 0 Å². The molecule has 1 aliphatic heterocycles. The minimum Gasteiger partial charge on any atom is -0.391 e. The van der Waals surface area contributed by atoms with Crippen LogP contribution in [0.3, 0.4) is 0 Å². The predicted molar refractivity (Wildman–Crippen MR) is 123 cm³/mol. The molecular weight excluding hydrogens is 420 g/mol. The van der Waals surface area contributed by atoms with Crippen LogP contribution in [0.25, 0.3) is 0 Å². The summed E-state index contributed by atoms with van der Waals surface area (Å²) in [6.07, 6.45) is 4.01. The number of carbonyl (C=O) groups excluding carboxylic acids is 1. The van der Waals surface area contributed by atoms with Gasteiger partial charge in [-0.3, -0.25) is 4.90 Å². The summed E-state index contributed by atoms with van der Waals surface area (Å²) < 4.78 is 5.42. The third-order valence-electron chi connectivity index (χ3n) is 4.43. The highest BCUT2D eigenvalue weighted by Crippen LogP contribution is 2.14. The van der Waals surface area contributed by atoms with E-state index in [1.54, 1.807) is 34.6 Å². The number of rotatable bonds is 5. The fraction of sp³-hybridized carbons (Fsp3) is 0.500. The first-order chi connectivity index (χ1) is 14.3. The van der Waals surface area contributed by atoms with Crippen molar-refractivity contribution in [3.05, 3.63) is 34.9 Å². The molecule has 1 aliphatic rings. The Bertz CT molecular complexity index is 828. The van der Waals surface area contributed by atoms with E-state index in [4.69, 9.17) is 17.0 Å². The number of amides is 1. The number of hydrogen-bond acceptors (Lipinski definition) is 7. The van der Waals surface area contributed by atoms with Gasteiger partial charge in [0.25, 0.3) is 0 Å². The second-order valence-electron chi connectivity index (χ2n) is 8.09. The van der Waals surface area contributed by atoms with Crippen LogP contribution in [0.4, 0.5) is 10.5 Å². The van der Waals surface area contributed by atoms with E-state index in [9.17, 15) is 4.79 Å². The largest absolute Gasteiger partial charge is 0.416 e. The highest BCUT2D eigenvalue weighted by atomic mass is 32.1. The Hall–Kier alpha value is -2.30. The third-order valence-corrected chi connectivity index (χ3v) is 5.47. The summed E-state index contributed by atoms with van der Waals surface area (Å²) in [7, 11) is 0. The molecule has 3 heterocycles. The van der Waals surface area contributed by atoms with E-state index in [2.05, 4.69) is 25.5 Å². The standard InChI is InChI=1S/C20H28N6O2S2/c1-20(2,3)24-18(29)23-15-4-5-16(22-14-15)28-19(27)26-11-9-25(10-12-26)8-6-17-21-7-13-30-17/h4-5,7,13-14H,6,8-12H2,1-3H3,(H2,23,24,29). The van der Waals surface area contributed by atoms with Gasteiger partial charge in [0.2, 0.25) is 5.88 Å². The summed E-state index contributed by atoms with van der Waals surface area (Å²) in [6, 6.07) is 3.44. The molecule has 0 atom stereocenters. The number of ether oxygens (including phenoxy) is 1. The molecule has 3 rings (SSSR count). The van der Waals surface area contributed by atoms with Gasteiger partial charge in [-0.25, -0.2) is 14.8 Å². The first kappa shape index (κ1) is 22.4. The van der Waals surface area contributed by atoms with Gasteiger partial charge in [0.1, 0.15) is 0 Å². The fourth-order valence-corrected chi connectivity index (χ4v) is 3.99. The molecule has 1 saturated heterocycles. The molecule has 0 bridgehead atoms. The molecule has 2 N–H and O–H groups in total. The zero-order chi connectivity index (χ0) is 21.6. The molecule has 0 aromatic carbocycles. The van der Waals surface area contributed by atoms with Gasteiger partial charge in [-0.05, 0) is 39.1 Å². The SMILES string of the molecule is CC(C)(C)NC(=S)Nc1ccc(OC(=O)N2CCN(CCc3nccs3)CC2)nc1. The maximum atomic E-state index is 12.4. The van der Waals surface area contributed by atoms with Gasteiger partial charge in [-0.1, -0.05) is 0 Å². The number of anilines is 1. The molecule has 0 saturated carbocycles. The summed E-state index contributed by atoms with van der Waals surface area (Å²) in [5.74, 6) is 0.270. The number of hydrogen-bond donors (Lipinski definition) is 2. The van der Waals surface area contributed by atoms with Crippen molar-refractivity contribution < 1.29 is 9.53 Å². The second-order valence-corrected chi connectivity index (χ2v) is 9.47. The molecule has 10 heteroatoms. The lowest BCUT2D eigenvalue weighted by atomic mass is 10.1. The quantitative estimate of drug-likeness (QED) is 0.676. The smallest absolute Gasteiger partial charge is 0.391 e. The van der Waals surface area contributed by atoms with E-state index >= 15 is 0 Å². The normalized spacial score (nSPS) is 15.0. The fourth-order valence-electron chi connectivity index (χ4n) is 2.96. The van der Waals surface area contributed by atoms with Crippen molar-refractivity contribution in [3.8, 4) is 5.88 Å². The van der Waals surface area contributed by atoms with Crippen LogP contribution in [0.1, 0.15) is 25.8 Å². The Balaban J connectivity index is 1.41. The molecule has 0 aliphatic carbocycles. The lowest BCUT2D eigenvalue weighted by Gasteiger charge is -2.33. The number of nitrogens with one attached hydrogen (secondary N) is 2. The molecule has 0 radical (unpaired) electrons. The van der Waals surface area contributed by atoms with Gasteiger partial charge in [0, 0.05) is 62.3 Å².